The molecule has 2 aliphatic rings. The molecule has 2 heterocycles. The van der Waals surface area contributed by atoms with E-state index in [0.717, 1.165) is 0 Å². The first-order valence-electron chi connectivity index (χ1n) is 15.5. The fourth-order valence-electron chi connectivity index (χ4n) is 7.63. The van der Waals surface area contributed by atoms with Gasteiger partial charge in [0.2, 0.25) is 6.71 Å². The molecule has 208 valence electrons. The van der Waals surface area contributed by atoms with Crippen LogP contribution in [0.5, 0.6) is 0 Å². The summed E-state index contributed by atoms with van der Waals surface area (Å²) in [5.74, 6) is 0. The van der Waals surface area contributed by atoms with E-state index in [4.69, 9.17) is 0 Å². The van der Waals surface area contributed by atoms with E-state index in [1.165, 1.54) is 90.5 Å². The summed E-state index contributed by atoms with van der Waals surface area (Å²) in [7, 11) is 0. The molecule has 0 fully saturated rings. The van der Waals surface area contributed by atoms with Crippen LogP contribution < -0.4 is 16.4 Å². The summed E-state index contributed by atoms with van der Waals surface area (Å²) in [5.41, 5.74) is 9.49. The molecule has 0 bridgehead atoms. The highest BCUT2D eigenvalue weighted by atomic mass is 32.2. The third-order valence-corrected chi connectivity index (χ3v) is 11.8. The molecule has 8 aromatic carbocycles. The van der Waals surface area contributed by atoms with Gasteiger partial charge in [0.05, 0.1) is 0 Å². The Morgan fingerprint density at radius 3 is 1.40 bits per heavy atom. The SMILES string of the molecule is c1ccc2c(c1)Sc1cc(-c3c4ccccc4c(-c4ccc5ccccc5c4)c4ccccc34)cc3c1B2c1ccccc1S3. The molecule has 0 saturated carbocycles. The van der Waals surface area contributed by atoms with Gasteiger partial charge < -0.3 is 0 Å². The second-order valence-electron chi connectivity index (χ2n) is 12.0. The maximum atomic E-state index is 2.48. The minimum absolute atomic E-state index is 0.266. The maximum absolute atomic E-state index is 2.48. The van der Waals surface area contributed by atoms with Crippen molar-refractivity contribution in [2.75, 3.05) is 0 Å². The predicted molar refractivity (Wildman–Crippen MR) is 196 cm³/mol. The summed E-state index contributed by atoms with van der Waals surface area (Å²) in [6.45, 7) is 0.266. The molecule has 0 atom stereocenters. The average molecular weight is 605 g/mol. The highest BCUT2D eigenvalue weighted by Gasteiger charge is 2.38. The molecule has 0 nitrogen and oxygen atoms in total. The van der Waals surface area contributed by atoms with Crippen molar-refractivity contribution in [1.29, 1.82) is 0 Å². The van der Waals surface area contributed by atoms with E-state index in [1.54, 1.807) is 0 Å². The van der Waals surface area contributed by atoms with Crippen molar-refractivity contribution in [3.05, 3.63) is 152 Å². The zero-order chi connectivity index (χ0) is 29.5. The van der Waals surface area contributed by atoms with Gasteiger partial charge in [-0.3, -0.25) is 0 Å². The van der Waals surface area contributed by atoms with Gasteiger partial charge in [-0.25, -0.2) is 0 Å². The minimum Gasteiger partial charge on any atom is -0.0911 e. The van der Waals surface area contributed by atoms with Crippen LogP contribution in [-0.4, -0.2) is 6.71 Å². The second-order valence-corrected chi connectivity index (χ2v) is 14.2. The van der Waals surface area contributed by atoms with E-state index in [2.05, 4.69) is 152 Å². The molecule has 0 unspecified atom stereocenters. The van der Waals surface area contributed by atoms with Crippen molar-refractivity contribution < 1.29 is 0 Å². The topological polar surface area (TPSA) is 0 Å². The Balaban J connectivity index is 1.27. The molecule has 8 aromatic rings. The van der Waals surface area contributed by atoms with Gasteiger partial charge in [-0.15, -0.1) is 0 Å². The zero-order valence-electron chi connectivity index (χ0n) is 24.3. The van der Waals surface area contributed by atoms with Crippen LogP contribution >= 0.6 is 23.5 Å². The molecule has 0 aromatic heterocycles. The highest BCUT2D eigenvalue weighted by Crippen LogP contribution is 2.47. The third kappa shape index (κ3) is 3.84. The molecule has 10 rings (SSSR count). The van der Waals surface area contributed by atoms with Crippen LogP contribution in [0.3, 0.4) is 0 Å². The van der Waals surface area contributed by atoms with Gasteiger partial charge in [0.15, 0.2) is 0 Å². The molecular weight excluding hydrogens is 579 g/mol. The predicted octanol–water partition coefficient (Wildman–Crippen LogP) is 9.93. The van der Waals surface area contributed by atoms with Gasteiger partial charge in [-0.05, 0) is 90.4 Å². The maximum Gasteiger partial charge on any atom is 0.247 e. The first-order valence-corrected chi connectivity index (χ1v) is 17.1. The van der Waals surface area contributed by atoms with Crippen molar-refractivity contribution in [3.63, 3.8) is 0 Å². The third-order valence-electron chi connectivity index (χ3n) is 9.55. The Hall–Kier alpha value is -4.70. The molecule has 0 saturated heterocycles. The monoisotopic (exact) mass is 604 g/mol. The molecular formula is C42H25BS2. The van der Waals surface area contributed by atoms with Gasteiger partial charge >= 0.3 is 0 Å². The standard InChI is InChI=1S/C42H25BS2/c1-2-12-27-23-28(22-21-26(27)11-1)40-30-13-3-5-15-32(30)41(33-16-6-4-14-31(33)40)29-24-38-42-39(25-29)45-37-20-10-8-18-35(37)43(42)34-17-7-9-19-36(34)44-38/h1-25H. The minimum atomic E-state index is 0.266. The van der Waals surface area contributed by atoms with Gasteiger partial charge in [0, 0.05) is 19.6 Å². The van der Waals surface area contributed by atoms with Crippen LogP contribution in [0.4, 0.5) is 0 Å². The van der Waals surface area contributed by atoms with E-state index in [9.17, 15) is 0 Å². The normalized spacial score (nSPS) is 13.1. The molecule has 0 spiro atoms. The van der Waals surface area contributed by atoms with Crippen molar-refractivity contribution >= 4 is 78.9 Å². The summed E-state index contributed by atoms with van der Waals surface area (Å²) >= 11 is 3.86. The molecule has 0 N–H and O–H groups in total. The second kappa shape index (κ2) is 9.90. The summed E-state index contributed by atoms with van der Waals surface area (Å²) < 4.78 is 0. The number of rotatable bonds is 2. The van der Waals surface area contributed by atoms with E-state index < -0.39 is 0 Å². The number of fused-ring (bicyclic) bond motifs is 7. The number of hydrogen-bond donors (Lipinski definition) is 0. The lowest BCUT2D eigenvalue weighted by Gasteiger charge is -2.33. The molecule has 0 radical (unpaired) electrons. The number of benzene rings is 8. The Morgan fingerprint density at radius 1 is 0.356 bits per heavy atom. The van der Waals surface area contributed by atoms with Crippen molar-refractivity contribution in [2.45, 2.75) is 19.6 Å². The van der Waals surface area contributed by atoms with Crippen LogP contribution in [0.1, 0.15) is 0 Å². The van der Waals surface area contributed by atoms with Crippen LogP contribution in [-0.2, 0) is 0 Å². The first kappa shape index (κ1) is 25.6. The first-order chi connectivity index (χ1) is 22.3. The summed E-state index contributed by atoms with van der Waals surface area (Å²) in [6, 6.07) is 56.5. The summed E-state index contributed by atoms with van der Waals surface area (Å²) in [5, 5.41) is 7.72. The molecule has 45 heavy (non-hydrogen) atoms. The Bertz CT molecular complexity index is 2390. The van der Waals surface area contributed by atoms with Gasteiger partial charge in [0.1, 0.15) is 0 Å². The van der Waals surface area contributed by atoms with Gasteiger partial charge in [0.25, 0.3) is 0 Å². The lowest BCUT2D eigenvalue weighted by Crippen LogP contribution is -2.57. The molecule has 0 aliphatic carbocycles. The largest absolute Gasteiger partial charge is 0.247 e. The fraction of sp³-hybridized carbons (Fsp3) is 0. The average Bonchev–Trinajstić information content (AvgIpc) is 3.10. The Labute approximate surface area is 271 Å². The zero-order valence-corrected chi connectivity index (χ0v) is 26.0. The molecule has 2 aliphatic heterocycles. The van der Waals surface area contributed by atoms with E-state index in [0.29, 0.717) is 0 Å². The van der Waals surface area contributed by atoms with Gasteiger partial charge in [-0.2, -0.15) is 0 Å². The van der Waals surface area contributed by atoms with Crippen molar-refractivity contribution in [1.82, 2.24) is 0 Å². The van der Waals surface area contributed by atoms with E-state index in [1.807, 2.05) is 23.5 Å². The summed E-state index contributed by atoms with van der Waals surface area (Å²) in [4.78, 5) is 5.47. The van der Waals surface area contributed by atoms with E-state index >= 15 is 0 Å². The van der Waals surface area contributed by atoms with Crippen LogP contribution in [0, 0.1) is 0 Å². The van der Waals surface area contributed by atoms with Crippen molar-refractivity contribution in [2.24, 2.45) is 0 Å². The number of hydrogen-bond acceptors (Lipinski definition) is 2. The molecule has 0 amide bonds. The van der Waals surface area contributed by atoms with Crippen LogP contribution in [0.25, 0.3) is 54.6 Å². The fourth-order valence-corrected chi connectivity index (χ4v) is 10.1. The summed E-state index contributed by atoms with van der Waals surface area (Å²) in [6.07, 6.45) is 0. The van der Waals surface area contributed by atoms with E-state index in [-0.39, 0.29) is 6.71 Å². The Morgan fingerprint density at radius 2 is 0.822 bits per heavy atom. The van der Waals surface area contributed by atoms with Crippen LogP contribution in [0.2, 0.25) is 0 Å². The highest BCUT2D eigenvalue weighted by molar-refractivity contribution is 8.01. The van der Waals surface area contributed by atoms with Gasteiger partial charge in [-0.1, -0.05) is 156 Å². The smallest absolute Gasteiger partial charge is 0.0911 e. The molecule has 3 heteroatoms. The lowest BCUT2D eigenvalue weighted by atomic mass is 9.36. The van der Waals surface area contributed by atoms with Crippen molar-refractivity contribution in [3.8, 4) is 22.3 Å². The quantitative estimate of drug-likeness (QED) is 0.142. The lowest BCUT2D eigenvalue weighted by molar-refractivity contribution is 1.33. The Kier molecular flexibility index (Phi) is 5.64. The van der Waals surface area contributed by atoms with Crippen LogP contribution in [0.15, 0.2) is 171 Å².